The number of aryl methyl sites for hydroxylation is 2. The van der Waals surface area contributed by atoms with Gasteiger partial charge in [-0.25, -0.2) is 8.42 Å². The molecule has 1 N–H and O–H groups in total. The molecular weight excluding hydrogens is 605 g/mol. The molecule has 0 fully saturated rings. The fraction of sp³-hybridized carbons (Fsp3) is 0.212. The minimum atomic E-state index is -4.17. The summed E-state index contributed by atoms with van der Waals surface area (Å²) < 4.78 is 29.2. The molecular formula is C33H33Cl2N3O4S. The van der Waals surface area contributed by atoms with Crippen molar-refractivity contribution in [2.75, 3.05) is 17.9 Å². The molecule has 0 spiro atoms. The molecule has 0 heterocycles. The molecule has 0 aromatic heterocycles. The van der Waals surface area contributed by atoms with Crippen molar-refractivity contribution in [1.29, 1.82) is 0 Å². The standard InChI is InChI=1S/C33H33Cl2N3O4S/c1-23-12-15-28(16-13-23)43(41,42)38(27-11-7-8-24(2)18-27)22-32(39)37(21-26-14-17-29(34)30(35)19-26)31(33(40)36-3)20-25-9-5-4-6-10-25/h4-19,31H,20-22H2,1-3H3,(H,36,40)/t31-/m0/s1. The maximum absolute atomic E-state index is 14.3. The van der Waals surface area contributed by atoms with E-state index in [1.807, 2.05) is 50.2 Å². The smallest absolute Gasteiger partial charge is 0.264 e. The van der Waals surface area contributed by atoms with E-state index in [4.69, 9.17) is 23.2 Å². The van der Waals surface area contributed by atoms with Crippen LogP contribution in [-0.4, -0.2) is 44.8 Å². The molecule has 10 heteroatoms. The SMILES string of the molecule is CNC(=O)[C@H](Cc1ccccc1)N(Cc1ccc(Cl)c(Cl)c1)C(=O)CN(c1cccc(C)c1)S(=O)(=O)c1ccc(C)cc1. The minimum Gasteiger partial charge on any atom is -0.357 e. The van der Waals surface area contributed by atoms with Crippen LogP contribution in [0.3, 0.4) is 0 Å². The molecule has 43 heavy (non-hydrogen) atoms. The molecule has 1 atom stereocenters. The lowest BCUT2D eigenvalue weighted by molar-refractivity contribution is -0.139. The first-order valence-electron chi connectivity index (χ1n) is 13.6. The van der Waals surface area contributed by atoms with Crippen molar-refractivity contribution in [1.82, 2.24) is 10.2 Å². The third-order valence-electron chi connectivity index (χ3n) is 7.03. The minimum absolute atomic E-state index is 0.00706. The van der Waals surface area contributed by atoms with Crippen molar-refractivity contribution in [3.63, 3.8) is 0 Å². The molecule has 7 nitrogen and oxygen atoms in total. The highest BCUT2D eigenvalue weighted by Gasteiger charge is 2.34. The third kappa shape index (κ3) is 7.96. The summed E-state index contributed by atoms with van der Waals surface area (Å²) in [6.45, 7) is 3.17. The van der Waals surface area contributed by atoms with E-state index in [-0.39, 0.29) is 23.8 Å². The van der Waals surface area contributed by atoms with Crippen molar-refractivity contribution < 1.29 is 18.0 Å². The van der Waals surface area contributed by atoms with Gasteiger partial charge in [0.1, 0.15) is 12.6 Å². The van der Waals surface area contributed by atoms with Crippen LogP contribution >= 0.6 is 23.2 Å². The van der Waals surface area contributed by atoms with Crippen LogP contribution in [0.1, 0.15) is 22.3 Å². The van der Waals surface area contributed by atoms with Crippen LogP contribution in [0.5, 0.6) is 0 Å². The first-order valence-corrected chi connectivity index (χ1v) is 15.8. The molecule has 4 aromatic rings. The molecule has 0 aliphatic rings. The Hall–Kier alpha value is -3.85. The van der Waals surface area contributed by atoms with Crippen molar-refractivity contribution in [2.24, 2.45) is 0 Å². The Morgan fingerprint density at radius 1 is 0.791 bits per heavy atom. The lowest BCUT2D eigenvalue weighted by Crippen LogP contribution is -2.53. The molecule has 0 radical (unpaired) electrons. The summed E-state index contributed by atoms with van der Waals surface area (Å²) in [5.41, 5.74) is 3.54. The number of sulfonamides is 1. The number of nitrogens with one attached hydrogen (secondary N) is 1. The Morgan fingerprint density at radius 3 is 2.12 bits per heavy atom. The van der Waals surface area contributed by atoms with Gasteiger partial charge in [-0.1, -0.05) is 89.4 Å². The first kappa shape index (κ1) is 32.1. The lowest BCUT2D eigenvalue weighted by atomic mass is 10.0. The second-order valence-corrected chi connectivity index (χ2v) is 12.9. The number of amides is 2. The normalized spacial score (nSPS) is 11.9. The highest BCUT2D eigenvalue weighted by atomic mass is 35.5. The molecule has 4 aromatic carbocycles. The molecule has 0 saturated heterocycles. The quantitative estimate of drug-likeness (QED) is 0.212. The Bertz CT molecular complexity index is 1700. The van der Waals surface area contributed by atoms with Crippen molar-refractivity contribution in [3.05, 3.63) is 129 Å². The van der Waals surface area contributed by atoms with Gasteiger partial charge in [-0.3, -0.25) is 13.9 Å². The van der Waals surface area contributed by atoms with E-state index < -0.39 is 28.5 Å². The van der Waals surface area contributed by atoms with Gasteiger partial charge in [0.15, 0.2) is 0 Å². The largest absolute Gasteiger partial charge is 0.357 e. The van der Waals surface area contributed by atoms with E-state index in [2.05, 4.69) is 5.32 Å². The monoisotopic (exact) mass is 637 g/mol. The molecule has 4 rings (SSSR count). The van der Waals surface area contributed by atoms with Crippen LogP contribution in [0.15, 0.2) is 102 Å². The number of benzene rings is 4. The van der Waals surface area contributed by atoms with Gasteiger partial charge in [0.2, 0.25) is 11.8 Å². The van der Waals surface area contributed by atoms with Crippen LogP contribution in [-0.2, 0) is 32.6 Å². The van der Waals surface area contributed by atoms with Crippen LogP contribution in [0, 0.1) is 13.8 Å². The fourth-order valence-corrected chi connectivity index (χ4v) is 6.43. The molecule has 2 amide bonds. The average molecular weight is 639 g/mol. The summed E-state index contributed by atoms with van der Waals surface area (Å²) in [7, 11) is -2.66. The van der Waals surface area contributed by atoms with E-state index in [9.17, 15) is 18.0 Å². The number of hydrogen-bond donors (Lipinski definition) is 1. The fourth-order valence-electron chi connectivity index (χ4n) is 4.70. The van der Waals surface area contributed by atoms with Crippen molar-refractivity contribution in [3.8, 4) is 0 Å². The number of rotatable bonds is 11. The number of anilines is 1. The summed E-state index contributed by atoms with van der Waals surface area (Å²) in [6, 6.07) is 26.8. The predicted octanol–water partition coefficient (Wildman–Crippen LogP) is 6.19. The third-order valence-corrected chi connectivity index (χ3v) is 9.56. The number of nitrogens with zero attached hydrogens (tertiary/aromatic N) is 2. The number of carbonyl (C=O) groups excluding carboxylic acids is 2. The second kappa shape index (κ2) is 14.1. The number of likely N-dealkylation sites (N-methyl/N-ethyl adjacent to an activating group) is 1. The van der Waals surface area contributed by atoms with Crippen molar-refractivity contribution in [2.45, 2.75) is 37.8 Å². The van der Waals surface area contributed by atoms with Gasteiger partial charge in [-0.05, 0) is 66.9 Å². The predicted molar refractivity (Wildman–Crippen MR) is 172 cm³/mol. The van der Waals surface area contributed by atoms with Crippen LogP contribution in [0.25, 0.3) is 0 Å². The van der Waals surface area contributed by atoms with E-state index in [1.165, 1.54) is 24.1 Å². The Morgan fingerprint density at radius 2 is 1.49 bits per heavy atom. The maximum atomic E-state index is 14.3. The first-order chi connectivity index (χ1) is 20.5. The number of carbonyl (C=O) groups is 2. The van der Waals surface area contributed by atoms with Gasteiger partial charge in [0.05, 0.1) is 20.6 Å². The van der Waals surface area contributed by atoms with Gasteiger partial charge in [0.25, 0.3) is 10.0 Å². The number of halogens is 2. The van der Waals surface area contributed by atoms with Crippen molar-refractivity contribution >= 4 is 50.7 Å². The van der Waals surface area contributed by atoms with E-state index in [1.54, 1.807) is 48.5 Å². The van der Waals surface area contributed by atoms with Gasteiger partial charge in [-0.15, -0.1) is 0 Å². The zero-order chi connectivity index (χ0) is 31.1. The van der Waals surface area contributed by atoms with Crippen LogP contribution in [0.2, 0.25) is 10.0 Å². The van der Waals surface area contributed by atoms with Gasteiger partial charge in [0, 0.05) is 20.0 Å². The summed E-state index contributed by atoms with van der Waals surface area (Å²) in [5.74, 6) is -0.950. The topological polar surface area (TPSA) is 86.8 Å². The van der Waals surface area contributed by atoms with Crippen LogP contribution < -0.4 is 9.62 Å². The van der Waals surface area contributed by atoms with Gasteiger partial charge in [-0.2, -0.15) is 0 Å². The zero-order valence-corrected chi connectivity index (χ0v) is 26.5. The molecule has 0 aliphatic heterocycles. The Kier molecular flexibility index (Phi) is 10.5. The molecule has 0 saturated carbocycles. The van der Waals surface area contributed by atoms with Gasteiger partial charge >= 0.3 is 0 Å². The van der Waals surface area contributed by atoms with Crippen LogP contribution in [0.4, 0.5) is 5.69 Å². The van der Waals surface area contributed by atoms with Gasteiger partial charge < -0.3 is 10.2 Å². The summed E-state index contributed by atoms with van der Waals surface area (Å²) in [5, 5.41) is 3.32. The summed E-state index contributed by atoms with van der Waals surface area (Å²) in [4.78, 5) is 29.1. The Balaban J connectivity index is 1.80. The second-order valence-electron chi connectivity index (χ2n) is 10.3. The lowest BCUT2D eigenvalue weighted by Gasteiger charge is -2.33. The van der Waals surface area contributed by atoms with E-state index >= 15 is 0 Å². The average Bonchev–Trinajstić information content (AvgIpc) is 2.99. The maximum Gasteiger partial charge on any atom is 0.264 e. The van der Waals surface area contributed by atoms with E-state index in [0.717, 1.165) is 21.0 Å². The van der Waals surface area contributed by atoms with E-state index in [0.29, 0.717) is 21.3 Å². The molecule has 0 aliphatic carbocycles. The number of hydrogen-bond acceptors (Lipinski definition) is 4. The zero-order valence-electron chi connectivity index (χ0n) is 24.1. The molecule has 224 valence electrons. The molecule has 0 unspecified atom stereocenters. The Labute approximate surface area is 263 Å². The highest BCUT2D eigenvalue weighted by Crippen LogP contribution is 2.27. The molecule has 0 bridgehead atoms. The summed E-state index contributed by atoms with van der Waals surface area (Å²) >= 11 is 12.4. The summed E-state index contributed by atoms with van der Waals surface area (Å²) in [6.07, 6.45) is 0.211. The highest BCUT2D eigenvalue weighted by molar-refractivity contribution is 7.92.